The standard InChI is InChI=1S/C23H25N5O3/c1-3-28-20-12-19(22(24)29)26-21(18(20)13-25-28)17-6-4-5-16(11-17)7-8-23(30)9-10-27(2)15-31-14-23/h4-6,11-13,30H,3,9-10,14-15H2,1-2H3,(H2,24,29). The Bertz CT molecular complexity index is 1190. The van der Waals surface area contributed by atoms with Crippen LogP contribution in [0, 0.1) is 11.8 Å². The van der Waals surface area contributed by atoms with Crippen LogP contribution in [0.15, 0.2) is 36.5 Å². The molecule has 0 radical (unpaired) electrons. The van der Waals surface area contributed by atoms with Crippen molar-refractivity contribution < 1.29 is 14.6 Å². The van der Waals surface area contributed by atoms with Gasteiger partial charge in [0, 0.05) is 36.0 Å². The fourth-order valence-corrected chi connectivity index (χ4v) is 3.58. The largest absolute Gasteiger partial charge is 0.375 e. The summed E-state index contributed by atoms with van der Waals surface area (Å²) in [6, 6.07) is 9.19. The minimum atomic E-state index is -1.19. The highest BCUT2D eigenvalue weighted by Crippen LogP contribution is 2.28. The molecule has 0 aliphatic carbocycles. The number of carbonyl (C=O) groups excluding carboxylic acids is 1. The summed E-state index contributed by atoms with van der Waals surface area (Å²) < 4.78 is 7.31. The van der Waals surface area contributed by atoms with E-state index in [1.807, 2.05) is 43.1 Å². The molecule has 160 valence electrons. The van der Waals surface area contributed by atoms with Crippen molar-refractivity contribution in [1.29, 1.82) is 0 Å². The summed E-state index contributed by atoms with van der Waals surface area (Å²) in [6.45, 7) is 3.99. The van der Waals surface area contributed by atoms with Gasteiger partial charge in [0.15, 0.2) is 0 Å². The molecule has 0 saturated carbocycles. The maximum atomic E-state index is 11.8. The highest BCUT2D eigenvalue weighted by atomic mass is 16.5. The number of primary amides is 1. The molecule has 1 amide bonds. The Balaban J connectivity index is 1.74. The number of amides is 1. The third-order valence-electron chi connectivity index (χ3n) is 5.33. The van der Waals surface area contributed by atoms with Gasteiger partial charge in [0.1, 0.15) is 11.3 Å². The number of benzene rings is 1. The predicted octanol–water partition coefficient (Wildman–Crippen LogP) is 1.61. The Morgan fingerprint density at radius 2 is 2.23 bits per heavy atom. The molecule has 31 heavy (non-hydrogen) atoms. The fraction of sp³-hybridized carbons (Fsp3) is 0.348. The topological polar surface area (TPSA) is 106 Å². The summed E-state index contributed by atoms with van der Waals surface area (Å²) >= 11 is 0. The van der Waals surface area contributed by atoms with Crippen LogP contribution < -0.4 is 5.73 Å². The second-order valence-electron chi connectivity index (χ2n) is 7.78. The molecule has 1 saturated heterocycles. The summed E-state index contributed by atoms with van der Waals surface area (Å²) in [5.41, 5.74) is 7.44. The average Bonchev–Trinajstić information content (AvgIpc) is 3.11. The number of pyridine rings is 1. The lowest BCUT2D eigenvalue weighted by Crippen LogP contribution is -2.32. The molecule has 8 heteroatoms. The van der Waals surface area contributed by atoms with Crippen LogP contribution in [0.5, 0.6) is 0 Å². The molecule has 8 nitrogen and oxygen atoms in total. The average molecular weight is 419 g/mol. The Kier molecular flexibility index (Phi) is 5.74. The molecule has 1 unspecified atom stereocenters. The molecule has 4 rings (SSSR count). The lowest BCUT2D eigenvalue weighted by Gasteiger charge is -2.18. The molecular formula is C23H25N5O3. The number of carbonyl (C=O) groups is 1. The number of rotatable bonds is 3. The highest BCUT2D eigenvalue weighted by Gasteiger charge is 2.28. The molecule has 1 atom stereocenters. The SMILES string of the molecule is CCn1ncc2c(-c3cccc(C#CC4(O)CCN(C)COC4)c3)nc(C(N)=O)cc21. The number of ether oxygens (including phenoxy) is 1. The van der Waals surface area contributed by atoms with Crippen molar-refractivity contribution in [3.8, 4) is 23.1 Å². The number of aliphatic hydroxyl groups is 1. The van der Waals surface area contributed by atoms with Crippen LogP contribution in [-0.4, -0.2) is 63.2 Å². The third kappa shape index (κ3) is 4.44. The molecule has 3 aromatic rings. The van der Waals surface area contributed by atoms with Crippen molar-refractivity contribution in [3.63, 3.8) is 0 Å². The molecular weight excluding hydrogens is 394 g/mol. The number of nitrogens with two attached hydrogens (primary N) is 1. The van der Waals surface area contributed by atoms with E-state index in [1.54, 1.807) is 16.9 Å². The fourth-order valence-electron chi connectivity index (χ4n) is 3.58. The van der Waals surface area contributed by atoms with E-state index in [9.17, 15) is 9.90 Å². The molecule has 0 spiro atoms. The minimum Gasteiger partial charge on any atom is -0.375 e. The normalized spacial score (nSPS) is 19.6. The van der Waals surface area contributed by atoms with E-state index in [-0.39, 0.29) is 12.3 Å². The predicted molar refractivity (Wildman–Crippen MR) is 117 cm³/mol. The van der Waals surface area contributed by atoms with Gasteiger partial charge in [-0.3, -0.25) is 14.4 Å². The van der Waals surface area contributed by atoms with E-state index < -0.39 is 11.5 Å². The Labute approximate surface area is 180 Å². The zero-order valence-electron chi connectivity index (χ0n) is 17.6. The van der Waals surface area contributed by atoms with E-state index in [4.69, 9.17) is 10.5 Å². The van der Waals surface area contributed by atoms with E-state index in [0.29, 0.717) is 31.9 Å². The van der Waals surface area contributed by atoms with Gasteiger partial charge in [0.05, 0.1) is 30.7 Å². The molecule has 2 aromatic heterocycles. The van der Waals surface area contributed by atoms with Crippen molar-refractivity contribution in [2.75, 3.05) is 26.9 Å². The van der Waals surface area contributed by atoms with Gasteiger partial charge in [-0.1, -0.05) is 24.0 Å². The molecule has 3 N–H and O–H groups in total. The molecule has 1 aromatic carbocycles. The smallest absolute Gasteiger partial charge is 0.267 e. The minimum absolute atomic E-state index is 0.170. The van der Waals surface area contributed by atoms with Gasteiger partial charge in [-0.05, 0) is 32.2 Å². The van der Waals surface area contributed by atoms with Crippen LogP contribution in [0.1, 0.15) is 29.4 Å². The van der Waals surface area contributed by atoms with Gasteiger partial charge in [-0.15, -0.1) is 0 Å². The van der Waals surface area contributed by atoms with Gasteiger partial charge >= 0.3 is 0 Å². The summed E-state index contributed by atoms with van der Waals surface area (Å²) in [7, 11) is 1.94. The Hall–Kier alpha value is -3.25. The highest BCUT2D eigenvalue weighted by molar-refractivity contribution is 5.99. The lowest BCUT2D eigenvalue weighted by atomic mass is 10.00. The summed E-state index contributed by atoms with van der Waals surface area (Å²) in [5, 5.41) is 16.0. The number of aromatic nitrogens is 3. The van der Waals surface area contributed by atoms with Crippen LogP contribution >= 0.6 is 0 Å². The maximum absolute atomic E-state index is 11.8. The summed E-state index contributed by atoms with van der Waals surface area (Å²) in [6.07, 6.45) is 2.25. The number of aryl methyl sites for hydroxylation is 1. The number of fused-ring (bicyclic) bond motifs is 1. The molecule has 1 fully saturated rings. The third-order valence-corrected chi connectivity index (χ3v) is 5.33. The first-order valence-electron chi connectivity index (χ1n) is 10.2. The van der Waals surface area contributed by atoms with Crippen molar-refractivity contribution in [3.05, 3.63) is 47.8 Å². The monoisotopic (exact) mass is 419 g/mol. The zero-order valence-corrected chi connectivity index (χ0v) is 17.6. The Morgan fingerprint density at radius 1 is 1.39 bits per heavy atom. The molecule has 1 aliphatic heterocycles. The molecule has 3 heterocycles. The van der Waals surface area contributed by atoms with Gasteiger partial charge in [0.25, 0.3) is 5.91 Å². The lowest BCUT2D eigenvalue weighted by molar-refractivity contribution is -0.00897. The molecule has 1 aliphatic rings. The van der Waals surface area contributed by atoms with Crippen LogP contribution in [0.4, 0.5) is 0 Å². The molecule has 0 bridgehead atoms. The van der Waals surface area contributed by atoms with Crippen molar-refractivity contribution in [2.45, 2.75) is 25.5 Å². The first-order valence-corrected chi connectivity index (χ1v) is 10.2. The van der Waals surface area contributed by atoms with Gasteiger partial charge in [0.2, 0.25) is 0 Å². The van der Waals surface area contributed by atoms with Gasteiger partial charge in [-0.2, -0.15) is 5.10 Å². The number of nitrogens with zero attached hydrogens (tertiary/aromatic N) is 4. The quantitative estimate of drug-likeness (QED) is 0.625. The van der Waals surface area contributed by atoms with Crippen molar-refractivity contribution >= 4 is 16.8 Å². The van der Waals surface area contributed by atoms with Crippen LogP contribution in [0.2, 0.25) is 0 Å². The van der Waals surface area contributed by atoms with Gasteiger partial charge in [-0.25, -0.2) is 4.98 Å². The van der Waals surface area contributed by atoms with E-state index in [0.717, 1.165) is 22.0 Å². The summed E-state index contributed by atoms with van der Waals surface area (Å²) in [4.78, 5) is 18.3. The van der Waals surface area contributed by atoms with E-state index >= 15 is 0 Å². The first kappa shape index (κ1) is 21.0. The second-order valence-corrected chi connectivity index (χ2v) is 7.78. The number of hydrogen-bond acceptors (Lipinski definition) is 6. The number of hydrogen-bond donors (Lipinski definition) is 2. The van der Waals surface area contributed by atoms with Crippen LogP contribution in [0.3, 0.4) is 0 Å². The first-order chi connectivity index (χ1) is 14.9. The van der Waals surface area contributed by atoms with Crippen LogP contribution in [-0.2, 0) is 11.3 Å². The zero-order chi connectivity index (χ0) is 22.0. The van der Waals surface area contributed by atoms with E-state index in [1.165, 1.54) is 0 Å². The second kappa shape index (κ2) is 8.47. The van der Waals surface area contributed by atoms with Crippen molar-refractivity contribution in [1.82, 2.24) is 19.7 Å². The summed E-state index contributed by atoms with van der Waals surface area (Å²) in [5.74, 6) is 5.45. The Morgan fingerprint density at radius 3 is 3.00 bits per heavy atom. The maximum Gasteiger partial charge on any atom is 0.267 e. The van der Waals surface area contributed by atoms with E-state index in [2.05, 4.69) is 21.9 Å². The van der Waals surface area contributed by atoms with Crippen molar-refractivity contribution in [2.24, 2.45) is 5.73 Å². The van der Waals surface area contributed by atoms with Gasteiger partial charge < -0.3 is 15.6 Å². The van der Waals surface area contributed by atoms with Crippen LogP contribution in [0.25, 0.3) is 22.2 Å².